The second-order valence-electron chi connectivity index (χ2n) is 9.96. The van der Waals surface area contributed by atoms with Crippen LogP contribution in [0.2, 0.25) is 0 Å². The first-order valence-electron chi connectivity index (χ1n) is 13.2. The monoisotopic (exact) mass is 556 g/mol. The average molecular weight is 557 g/mol. The molecule has 0 aromatic rings. The van der Waals surface area contributed by atoms with Gasteiger partial charge in [-0.05, 0) is 43.9 Å². The number of carboxylic acids is 1. The van der Waals surface area contributed by atoms with Gasteiger partial charge in [0.25, 0.3) is 0 Å². The van der Waals surface area contributed by atoms with E-state index >= 15 is 0 Å². The normalized spacial score (nSPS) is 14.7. The summed E-state index contributed by atoms with van der Waals surface area (Å²) >= 11 is 0. The second-order valence-corrected chi connectivity index (χ2v) is 9.96. The SMILES string of the molecule is CCC(C)C(N)C(=O)NC(CC(C)C)C(=O)NC(CCCN=C(N)N)C(=O)NC(CCCN=C(N)N)C(=O)O. The van der Waals surface area contributed by atoms with E-state index in [0.717, 1.165) is 0 Å². The number of hydrogen-bond acceptors (Lipinski definition) is 7. The molecule has 0 aliphatic rings. The predicted molar refractivity (Wildman–Crippen MR) is 150 cm³/mol. The van der Waals surface area contributed by atoms with Crippen LogP contribution in [-0.4, -0.2) is 78.0 Å². The van der Waals surface area contributed by atoms with Crippen LogP contribution in [0.4, 0.5) is 0 Å². The Morgan fingerprint density at radius 1 is 0.744 bits per heavy atom. The third-order valence-corrected chi connectivity index (χ3v) is 6.04. The van der Waals surface area contributed by atoms with Crippen LogP contribution < -0.4 is 44.6 Å². The molecule has 14 N–H and O–H groups in total. The minimum absolute atomic E-state index is 0.0385. The summed E-state index contributed by atoms with van der Waals surface area (Å²) in [7, 11) is 0. The Bertz CT molecular complexity index is 856. The van der Waals surface area contributed by atoms with Crippen molar-refractivity contribution in [2.24, 2.45) is 50.5 Å². The van der Waals surface area contributed by atoms with E-state index in [2.05, 4.69) is 25.9 Å². The van der Waals surface area contributed by atoms with Crippen molar-refractivity contribution >= 4 is 35.6 Å². The van der Waals surface area contributed by atoms with Crippen LogP contribution >= 0.6 is 0 Å². The molecule has 0 aromatic heterocycles. The van der Waals surface area contributed by atoms with Gasteiger partial charge in [0.1, 0.15) is 18.1 Å². The van der Waals surface area contributed by atoms with E-state index in [1.165, 1.54) is 0 Å². The molecule has 224 valence electrons. The molecule has 0 bridgehead atoms. The first-order valence-corrected chi connectivity index (χ1v) is 13.2. The van der Waals surface area contributed by atoms with Crippen molar-refractivity contribution in [3.63, 3.8) is 0 Å². The molecular weight excluding hydrogens is 508 g/mol. The van der Waals surface area contributed by atoms with Gasteiger partial charge in [-0.1, -0.05) is 34.1 Å². The van der Waals surface area contributed by atoms with Crippen LogP contribution in [0.3, 0.4) is 0 Å². The number of amides is 3. The number of hydrogen-bond donors (Lipinski definition) is 9. The minimum atomic E-state index is -1.25. The van der Waals surface area contributed by atoms with Gasteiger partial charge >= 0.3 is 5.97 Å². The maximum absolute atomic E-state index is 13.3. The van der Waals surface area contributed by atoms with Crippen LogP contribution in [0.25, 0.3) is 0 Å². The Kier molecular flexibility index (Phi) is 16.9. The average Bonchev–Trinajstić information content (AvgIpc) is 2.85. The largest absolute Gasteiger partial charge is 0.480 e. The van der Waals surface area contributed by atoms with Gasteiger partial charge in [-0.25, -0.2) is 4.79 Å². The summed E-state index contributed by atoms with van der Waals surface area (Å²) in [4.78, 5) is 58.5. The summed E-state index contributed by atoms with van der Waals surface area (Å²) in [5.41, 5.74) is 27.3. The number of carbonyl (C=O) groups is 4. The molecule has 39 heavy (non-hydrogen) atoms. The Morgan fingerprint density at radius 2 is 1.18 bits per heavy atom. The number of rotatable bonds is 19. The molecule has 5 unspecified atom stereocenters. The van der Waals surface area contributed by atoms with Gasteiger partial charge in [-0.3, -0.25) is 24.4 Å². The molecule has 0 spiro atoms. The lowest BCUT2D eigenvalue weighted by Crippen LogP contribution is -2.57. The molecule has 0 fully saturated rings. The maximum Gasteiger partial charge on any atom is 0.326 e. The Morgan fingerprint density at radius 3 is 1.62 bits per heavy atom. The van der Waals surface area contributed by atoms with Crippen LogP contribution in [0.1, 0.15) is 66.2 Å². The zero-order valence-electron chi connectivity index (χ0n) is 23.5. The standard InChI is InChI=1S/C24H48N10O5/c1-5-14(4)18(25)21(37)34-17(12-13(2)3)20(36)32-15(8-6-10-30-23(26)27)19(35)33-16(22(38)39)9-7-11-31-24(28)29/h13-18H,5-12,25H2,1-4H3,(H,32,36)(H,33,35)(H,34,37)(H,38,39)(H4,26,27,30)(H4,28,29,31). The molecule has 0 aromatic carbocycles. The minimum Gasteiger partial charge on any atom is -0.480 e. The zero-order chi connectivity index (χ0) is 30.1. The number of aliphatic imine (C=N–C) groups is 2. The van der Waals surface area contributed by atoms with E-state index in [4.69, 9.17) is 28.7 Å². The predicted octanol–water partition coefficient (Wildman–Crippen LogP) is -1.95. The number of carbonyl (C=O) groups excluding carboxylic acids is 3. The number of nitrogens with two attached hydrogens (primary N) is 5. The summed E-state index contributed by atoms with van der Waals surface area (Å²) in [6.45, 7) is 7.91. The van der Waals surface area contributed by atoms with E-state index in [1.807, 2.05) is 27.7 Å². The maximum atomic E-state index is 13.3. The van der Waals surface area contributed by atoms with Crippen molar-refractivity contribution in [1.29, 1.82) is 0 Å². The molecular formula is C24H48N10O5. The Hall–Kier alpha value is -3.62. The molecule has 0 rings (SSSR count). The third-order valence-electron chi connectivity index (χ3n) is 6.04. The van der Waals surface area contributed by atoms with Crippen molar-refractivity contribution in [2.45, 2.75) is 90.4 Å². The number of nitrogens with one attached hydrogen (secondary N) is 3. The lowest BCUT2D eigenvalue weighted by molar-refractivity contribution is -0.142. The molecule has 0 heterocycles. The van der Waals surface area contributed by atoms with Gasteiger partial charge in [0.15, 0.2) is 11.9 Å². The highest BCUT2D eigenvalue weighted by molar-refractivity contribution is 5.94. The van der Waals surface area contributed by atoms with Crippen LogP contribution in [0.5, 0.6) is 0 Å². The fraction of sp³-hybridized carbons (Fsp3) is 0.750. The lowest BCUT2D eigenvalue weighted by Gasteiger charge is -2.27. The first kappa shape index (κ1) is 35.4. The summed E-state index contributed by atoms with van der Waals surface area (Å²) in [5.74, 6) is -3.30. The van der Waals surface area contributed by atoms with Gasteiger partial charge in [0.05, 0.1) is 6.04 Å². The first-order chi connectivity index (χ1) is 18.2. The summed E-state index contributed by atoms with van der Waals surface area (Å²) in [6, 6.07) is -4.09. The van der Waals surface area contributed by atoms with Crippen molar-refractivity contribution < 1.29 is 24.3 Å². The molecule has 0 aliphatic carbocycles. The van der Waals surface area contributed by atoms with Crippen molar-refractivity contribution in [3.8, 4) is 0 Å². The van der Waals surface area contributed by atoms with Gasteiger partial charge < -0.3 is 49.7 Å². The number of carboxylic acid groups (broad SMARTS) is 1. The van der Waals surface area contributed by atoms with Gasteiger partial charge in [0, 0.05) is 13.1 Å². The van der Waals surface area contributed by atoms with E-state index in [1.54, 1.807) is 0 Å². The third kappa shape index (κ3) is 15.4. The molecule has 0 radical (unpaired) electrons. The number of guanidine groups is 2. The van der Waals surface area contributed by atoms with Crippen LogP contribution in [-0.2, 0) is 19.2 Å². The number of nitrogens with zero attached hydrogens (tertiary/aromatic N) is 2. The molecule has 0 saturated heterocycles. The zero-order valence-corrected chi connectivity index (χ0v) is 23.5. The Labute approximate surface area is 230 Å². The van der Waals surface area contributed by atoms with Crippen molar-refractivity contribution in [1.82, 2.24) is 16.0 Å². The van der Waals surface area contributed by atoms with Crippen LogP contribution in [0.15, 0.2) is 9.98 Å². The lowest BCUT2D eigenvalue weighted by atomic mass is 9.97. The summed E-state index contributed by atoms with van der Waals surface area (Å²) in [5, 5.41) is 17.4. The van der Waals surface area contributed by atoms with E-state index in [-0.39, 0.29) is 49.7 Å². The highest BCUT2D eigenvalue weighted by Gasteiger charge is 2.31. The fourth-order valence-corrected chi connectivity index (χ4v) is 3.56. The molecule has 15 heteroatoms. The topological polar surface area (TPSA) is 279 Å². The van der Waals surface area contributed by atoms with Gasteiger partial charge in [-0.15, -0.1) is 0 Å². The highest BCUT2D eigenvalue weighted by Crippen LogP contribution is 2.10. The second kappa shape index (κ2) is 18.6. The Balaban J connectivity index is 5.68. The van der Waals surface area contributed by atoms with E-state index in [0.29, 0.717) is 25.7 Å². The van der Waals surface area contributed by atoms with Crippen molar-refractivity contribution in [2.75, 3.05) is 13.1 Å². The molecule has 0 aliphatic heterocycles. The quantitative estimate of drug-likeness (QED) is 0.0481. The molecule has 15 nitrogen and oxygen atoms in total. The highest BCUT2D eigenvalue weighted by atomic mass is 16.4. The van der Waals surface area contributed by atoms with Gasteiger partial charge in [-0.2, -0.15) is 0 Å². The van der Waals surface area contributed by atoms with Gasteiger partial charge in [0.2, 0.25) is 17.7 Å². The summed E-state index contributed by atoms with van der Waals surface area (Å²) < 4.78 is 0. The molecule has 3 amide bonds. The van der Waals surface area contributed by atoms with E-state index in [9.17, 15) is 24.3 Å². The van der Waals surface area contributed by atoms with Crippen molar-refractivity contribution in [3.05, 3.63) is 0 Å². The van der Waals surface area contributed by atoms with Crippen LogP contribution in [0, 0.1) is 11.8 Å². The van der Waals surface area contributed by atoms with E-state index < -0.39 is 47.9 Å². The number of aliphatic carboxylic acids is 1. The smallest absolute Gasteiger partial charge is 0.326 e. The summed E-state index contributed by atoms with van der Waals surface area (Å²) in [6.07, 6.45) is 1.78. The molecule has 5 atom stereocenters. The molecule has 0 saturated carbocycles. The fourth-order valence-electron chi connectivity index (χ4n) is 3.56.